The minimum Gasteiger partial charge on any atom is -0.497 e. The number of benzene rings is 2. The first-order valence-corrected chi connectivity index (χ1v) is 9.22. The van der Waals surface area contributed by atoms with E-state index in [2.05, 4.69) is 15.5 Å². The number of nitrogens with two attached hydrogens (primary N) is 1. The Labute approximate surface area is 162 Å². The number of nitrogens with zero attached hydrogens (tertiary/aromatic N) is 2. The second-order valence-electron chi connectivity index (χ2n) is 7.01. The summed E-state index contributed by atoms with van der Waals surface area (Å²) < 4.78 is 10.6. The SMILES string of the molecule is COc1ccc(C(=O)NC(c2ccccc2)c2nc(C3(N)CCC3)no2)cc1. The number of carbonyl (C=O) groups is 1. The first-order chi connectivity index (χ1) is 13.6. The lowest BCUT2D eigenvalue weighted by molar-refractivity contribution is 0.0936. The summed E-state index contributed by atoms with van der Waals surface area (Å²) in [5.74, 6) is 1.25. The van der Waals surface area contributed by atoms with Gasteiger partial charge in [0.25, 0.3) is 11.8 Å². The Morgan fingerprint density at radius 3 is 2.50 bits per heavy atom. The predicted octanol–water partition coefficient (Wildman–Crippen LogP) is 2.94. The minimum absolute atomic E-state index is 0.248. The largest absolute Gasteiger partial charge is 0.497 e. The van der Waals surface area contributed by atoms with E-state index in [1.54, 1.807) is 31.4 Å². The van der Waals surface area contributed by atoms with Crippen LogP contribution < -0.4 is 15.8 Å². The summed E-state index contributed by atoms with van der Waals surface area (Å²) in [4.78, 5) is 17.3. The maximum Gasteiger partial charge on any atom is 0.253 e. The van der Waals surface area contributed by atoms with Crippen LogP contribution in [0.5, 0.6) is 5.75 Å². The average Bonchev–Trinajstić information content (AvgIpc) is 3.21. The van der Waals surface area contributed by atoms with Crippen molar-refractivity contribution in [1.29, 1.82) is 0 Å². The molecule has 0 saturated heterocycles. The number of rotatable bonds is 6. The number of ether oxygens (including phenoxy) is 1. The molecule has 1 aliphatic rings. The van der Waals surface area contributed by atoms with Gasteiger partial charge in [0.05, 0.1) is 12.6 Å². The van der Waals surface area contributed by atoms with Crippen LogP contribution in [0.1, 0.15) is 52.9 Å². The third-order valence-electron chi connectivity index (χ3n) is 5.14. The lowest BCUT2D eigenvalue weighted by Crippen LogP contribution is -2.44. The van der Waals surface area contributed by atoms with Gasteiger partial charge >= 0.3 is 0 Å². The molecule has 3 aromatic rings. The standard InChI is InChI=1S/C21H22N4O3/c1-27-16-10-8-15(9-11-16)18(26)23-17(14-6-3-2-4-7-14)19-24-20(25-28-19)21(22)12-5-13-21/h2-4,6-11,17H,5,12-13,22H2,1H3,(H,23,26). The van der Waals surface area contributed by atoms with Gasteiger partial charge in [-0.2, -0.15) is 4.98 Å². The molecule has 1 aliphatic carbocycles. The van der Waals surface area contributed by atoms with Crippen molar-refractivity contribution in [3.05, 3.63) is 77.4 Å². The number of methoxy groups -OCH3 is 1. The van der Waals surface area contributed by atoms with Crippen LogP contribution in [0, 0.1) is 0 Å². The van der Waals surface area contributed by atoms with Crippen molar-refractivity contribution in [2.75, 3.05) is 7.11 Å². The van der Waals surface area contributed by atoms with Crippen LogP contribution >= 0.6 is 0 Å². The molecule has 1 heterocycles. The molecule has 1 aromatic heterocycles. The Bertz CT molecular complexity index is 949. The molecule has 1 unspecified atom stereocenters. The van der Waals surface area contributed by atoms with E-state index in [1.807, 2.05) is 30.3 Å². The number of nitrogens with one attached hydrogen (secondary N) is 1. The fraction of sp³-hybridized carbons (Fsp3) is 0.286. The van der Waals surface area contributed by atoms with Gasteiger partial charge in [-0.3, -0.25) is 4.79 Å². The quantitative estimate of drug-likeness (QED) is 0.684. The third-order valence-corrected chi connectivity index (χ3v) is 5.14. The van der Waals surface area contributed by atoms with Crippen molar-refractivity contribution in [1.82, 2.24) is 15.5 Å². The normalized spacial score (nSPS) is 16.1. The maximum atomic E-state index is 12.8. The van der Waals surface area contributed by atoms with Gasteiger partial charge in [0.1, 0.15) is 11.8 Å². The average molecular weight is 378 g/mol. The van der Waals surface area contributed by atoms with E-state index in [0.29, 0.717) is 23.0 Å². The van der Waals surface area contributed by atoms with Gasteiger partial charge in [0.2, 0.25) is 0 Å². The van der Waals surface area contributed by atoms with E-state index in [-0.39, 0.29) is 5.91 Å². The lowest BCUT2D eigenvalue weighted by atomic mass is 9.77. The van der Waals surface area contributed by atoms with Crippen LogP contribution in [0.2, 0.25) is 0 Å². The van der Waals surface area contributed by atoms with Gasteiger partial charge in [-0.25, -0.2) is 0 Å². The molecule has 1 atom stereocenters. The fourth-order valence-corrected chi connectivity index (χ4v) is 3.23. The molecule has 1 saturated carbocycles. The first kappa shape index (κ1) is 18.2. The summed E-state index contributed by atoms with van der Waals surface area (Å²) in [6.07, 6.45) is 2.72. The molecule has 4 rings (SSSR count). The third kappa shape index (κ3) is 3.48. The molecule has 0 spiro atoms. The molecule has 28 heavy (non-hydrogen) atoms. The van der Waals surface area contributed by atoms with Crippen molar-refractivity contribution in [2.24, 2.45) is 5.73 Å². The van der Waals surface area contributed by atoms with Crippen molar-refractivity contribution >= 4 is 5.91 Å². The van der Waals surface area contributed by atoms with Crippen molar-refractivity contribution in [3.8, 4) is 5.75 Å². The van der Waals surface area contributed by atoms with Crippen molar-refractivity contribution in [3.63, 3.8) is 0 Å². The van der Waals surface area contributed by atoms with Crippen LogP contribution in [0.4, 0.5) is 0 Å². The zero-order valence-electron chi connectivity index (χ0n) is 15.6. The number of aromatic nitrogens is 2. The van der Waals surface area contributed by atoms with E-state index in [4.69, 9.17) is 15.0 Å². The molecule has 2 aromatic carbocycles. The van der Waals surface area contributed by atoms with E-state index in [0.717, 1.165) is 24.8 Å². The number of hydrogen-bond donors (Lipinski definition) is 2. The van der Waals surface area contributed by atoms with E-state index < -0.39 is 11.6 Å². The number of hydrogen-bond acceptors (Lipinski definition) is 6. The van der Waals surface area contributed by atoms with Gasteiger partial charge in [-0.15, -0.1) is 0 Å². The topological polar surface area (TPSA) is 103 Å². The highest BCUT2D eigenvalue weighted by Gasteiger charge is 2.39. The Balaban J connectivity index is 1.61. The Hall–Kier alpha value is -3.19. The molecule has 3 N–H and O–H groups in total. The van der Waals surface area contributed by atoms with E-state index >= 15 is 0 Å². The number of amides is 1. The lowest BCUT2D eigenvalue weighted by Gasteiger charge is -2.34. The van der Waals surface area contributed by atoms with Crippen LogP contribution in [0.3, 0.4) is 0 Å². The molecule has 0 bridgehead atoms. The summed E-state index contributed by atoms with van der Waals surface area (Å²) in [7, 11) is 1.58. The highest BCUT2D eigenvalue weighted by atomic mass is 16.5. The Kier molecular flexibility index (Phi) is 4.83. The minimum atomic E-state index is -0.569. The molecule has 1 amide bonds. The second-order valence-corrected chi connectivity index (χ2v) is 7.01. The van der Waals surface area contributed by atoms with Gasteiger partial charge in [0, 0.05) is 5.56 Å². The second kappa shape index (κ2) is 7.44. The van der Waals surface area contributed by atoms with Crippen molar-refractivity contribution in [2.45, 2.75) is 30.8 Å². The summed E-state index contributed by atoms with van der Waals surface area (Å²) in [6.45, 7) is 0. The number of carbonyl (C=O) groups excluding carboxylic acids is 1. The van der Waals surface area contributed by atoms with Gasteiger partial charge < -0.3 is 20.3 Å². The van der Waals surface area contributed by atoms with E-state index in [1.165, 1.54) is 0 Å². The summed E-state index contributed by atoms with van der Waals surface area (Å²) in [5, 5.41) is 7.07. The van der Waals surface area contributed by atoms with E-state index in [9.17, 15) is 4.79 Å². The zero-order valence-corrected chi connectivity index (χ0v) is 15.6. The van der Waals surface area contributed by atoms with Crippen molar-refractivity contribution < 1.29 is 14.1 Å². The van der Waals surface area contributed by atoms with Gasteiger partial charge in [0.15, 0.2) is 5.82 Å². The monoisotopic (exact) mass is 378 g/mol. The highest BCUT2D eigenvalue weighted by molar-refractivity contribution is 5.94. The van der Waals surface area contributed by atoms with Gasteiger partial charge in [-0.05, 0) is 49.1 Å². The van der Waals surface area contributed by atoms with Gasteiger partial charge in [-0.1, -0.05) is 35.5 Å². The molecular formula is C21H22N4O3. The van der Waals surface area contributed by atoms with Crippen LogP contribution in [-0.2, 0) is 5.54 Å². The highest BCUT2D eigenvalue weighted by Crippen LogP contribution is 2.37. The molecule has 1 fully saturated rings. The molecule has 144 valence electrons. The molecule has 7 heteroatoms. The first-order valence-electron chi connectivity index (χ1n) is 9.22. The molecule has 0 aliphatic heterocycles. The summed E-state index contributed by atoms with van der Waals surface area (Å²) >= 11 is 0. The van der Waals surface area contributed by atoms with Crippen LogP contribution in [0.15, 0.2) is 59.1 Å². The Morgan fingerprint density at radius 1 is 1.18 bits per heavy atom. The smallest absolute Gasteiger partial charge is 0.253 e. The van der Waals surface area contributed by atoms with Crippen LogP contribution in [-0.4, -0.2) is 23.2 Å². The maximum absolute atomic E-state index is 12.8. The zero-order chi connectivity index (χ0) is 19.6. The fourth-order valence-electron chi connectivity index (χ4n) is 3.23. The molecule has 0 radical (unpaired) electrons. The van der Waals surface area contributed by atoms with Crippen LogP contribution in [0.25, 0.3) is 0 Å². The molecule has 7 nitrogen and oxygen atoms in total. The Morgan fingerprint density at radius 2 is 1.89 bits per heavy atom. The summed E-state index contributed by atoms with van der Waals surface area (Å²) in [5.41, 5.74) is 7.14. The predicted molar refractivity (Wildman–Crippen MR) is 103 cm³/mol. The molecular weight excluding hydrogens is 356 g/mol. The summed E-state index contributed by atoms with van der Waals surface area (Å²) in [6, 6.07) is 15.9.